The van der Waals surface area contributed by atoms with Crippen LogP contribution in [0.1, 0.15) is 33.1 Å². The molecule has 3 atom stereocenters. The van der Waals surface area contributed by atoms with Crippen LogP contribution < -0.4 is 5.73 Å². The standard InChI is InChI=1S/C9H19NO/c1-6(2)7-3-4-8(10)9(11)5-7/h6-9,11H,3-5,10H2,1-2H3/t7-,8+,9+/m0/s1. The number of hydrogen-bond donors (Lipinski definition) is 2. The van der Waals surface area contributed by atoms with Crippen molar-refractivity contribution >= 4 is 0 Å². The van der Waals surface area contributed by atoms with Gasteiger partial charge in [0.05, 0.1) is 6.10 Å². The molecule has 1 aliphatic rings. The maximum atomic E-state index is 9.47. The van der Waals surface area contributed by atoms with Gasteiger partial charge < -0.3 is 10.8 Å². The van der Waals surface area contributed by atoms with E-state index in [0.29, 0.717) is 11.8 Å². The molecule has 11 heavy (non-hydrogen) atoms. The molecule has 0 amide bonds. The molecule has 66 valence electrons. The van der Waals surface area contributed by atoms with E-state index in [2.05, 4.69) is 13.8 Å². The number of rotatable bonds is 1. The summed E-state index contributed by atoms with van der Waals surface area (Å²) in [7, 11) is 0. The van der Waals surface area contributed by atoms with Crippen LogP contribution in [0.3, 0.4) is 0 Å². The fraction of sp³-hybridized carbons (Fsp3) is 1.00. The highest BCUT2D eigenvalue weighted by molar-refractivity contribution is 4.82. The molecule has 0 radical (unpaired) electrons. The van der Waals surface area contributed by atoms with E-state index >= 15 is 0 Å². The van der Waals surface area contributed by atoms with E-state index in [-0.39, 0.29) is 12.1 Å². The molecule has 1 saturated carbocycles. The third-order valence-corrected chi connectivity index (χ3v) is 2.85. The average molecular weight is 157 g/mol. The predicted molar refractivity (Wildman–Crippen MR) is 46.2 cm³/mol. The third kappa shape index (κ3) is 2.17. The van der Waals surface area contributed by atoms with Gasteiger partial charge in [-0.15, -0.1) is 0 Å². The summed E-state index contributed by atoms with van der Waals surface area (Å²) in [4.78, 5) is 0. The molecular formula is C9H19NO. The van der Waals surface area contributed by atoms with Crippen molar-refractivity contribution < 1.29 is 5.11 Å². The van der Waals surface area contributed by atoms with E-state index in [1.54, 1.807) is 0 Å². The molecule has 0 heterocycles. The van der Waals surface area contributed by atoms with E-state index in [9.17, 15) is 5.11 Å². The molecule has 0 aromatic carbocycles. The molecule has 1 rings (SSSR count). The van der Waals surface area contributed by atoms with Crippen molar-refractivity contribution in [2.45, 2.75) is 45.3 Å². The molecule has 0 aliphatic heterocycles. The van der Waals surface area contributed by atoms with Gasteiger partial charge in [0.2, 0.25) is 0 Å². The monoisotopic (exact) mass is 157 g/mol. The van der Waals surface area contributed by atoms with Gasteiger partial charge in [-0.3, -0.25) is 0 Å². The maximum Gasteiger partial charge on any atom is 0.0693 e. The molecule has 3 N–H and O–H groups in total. The van der Waals surface area contributed by atoms with E-state index < -0.39 is 0 Å². The van der Waals surface area contributed by atoms with Crippen molar-refractivity contribution in [3.8, 4) is 0 Å². The number of aliphatic hydroxyl groups is 1. The Balaban J connectivity index is 2.40. The van der Waals surface area contributed by atoms with Crippen molar-refractivity contribution in [1.29, 1.82) is 0 Å². The second-order valence-corrected chi connectivity index (χ2v) is 4.05. The summed E-state index contributed by atoms with van der Waals surface area (Å²) in [6.07, 6.45) is 2.83. The molecule has 2 heteroatoms. The second-order valence-electron chi connectivity index (χ2n) is 4.05. The van der Waals surface area contributed by atoms with E-state index in [4.69, 9.17) is 5.73 Å². The summed E-state index contributed by atoms with van der Waals surface area (Å²) in [5.74, 6) is 1.38. The fourth-order valence-electron chi connectivity index (χ4n) is 1.81. The van der Waals surface area contributed by atoms with Crippen LogP contribution >= 0.6 is 0 Å². The van der Waals surface area contributed by atoms with Gasteiger partial charge in [-0.05, 0) is 31.1 Å². The van der Waals surface area contributed by atoms with Gasteiger partial charge in [0.15, 0.2) is 0 Å². The van der Waals surface area contributed by atoms with Crippen LogP contribution in [0.2, 0.25) is 0 Å². The SMILES string of the molecule is CC(C)[C@H]1CC[C@@H](N)[C@H](O)C1. The highest BCUT2D eigenvalue weighted by atomic mass is 16.3. The first kappa shape index (κ1) is 9.01. The Morgan fingerprint density at radius 3 is 2.45 bits per heavy atom. The zero-order valence-electron chi connectivity index (χ0n) is 7.46. The molecular weight excluding hydrogens is 138 g/mol. The van der Waals surface area contributed by atoms with Crippen molar-refractivity contribution in [1.82, 2.24) is 0 Å². The Labute approximate surface area is 68.8 Å². The van der Waals surface area contributed by atoms with Crippen LogP contribution in [0.4, 0.5) is 0 Å². The molecule has 0 bridgehead atoms. The van der Waals surface area contributed by atoms with E-state index in [0.717, 1.165) is 12.8 Å². The molecule has 1 aliphatic carbocycles. The van der Waals surface area contributed by atoms with Gasteiger partial charge in [-0.2, -0.15) is 0 Å². The van der Waals surface area contributed by atoms with Gasteiger partial charge in [0.25, 0.3) is 0 Å². The first-order chi connectivity index (χ1) is 5.11. The first-order valence-corrected chi connectivity index (χ1v) is 4.55. The fourth-order valence-corrected chi connectivity index (χ4v) is 1.81. The van der Waals surface area contributed by atoms with Gasteiger partial charge in [-0.25, -0.2) is 0 Å². The molecule has 0 spiro atoms. The lowest BCUT2D eigenvalue weighted by Crippen LogP contribution is -2.41. The minimum Gasteiger partial charge on any atom is -0.392 e. The lowest BCUT2D eigenvalue weighted by molar-refractivity contribution is 0.0671. The van der Waals surface area contributed by atoms with Crippen LogP contribution in [-0.2, 0) is 0 Å². The van der Waals surface area contributed by atoms with Crippen molar-refractivity contribution in [3.63, 3.8) is 0 Å². The summed E-state index contributed by atoms with van der Waals surface area (Å²) < 4.78 is 0. The molecule has 0 aromatic heterocycles. The van der Waals surface area contributed by atoms with Crippen LogP contribution in [0, 0.1) is 11.8 Å². The highest BCUT2D eigenvalue weighted by Crippen LogP contribution is 2.29. The summed E-state index contributed by atoms with van der Waals surface area (Å²) in [5, 5.41) is 9.47. The first-order valence-electron chi connectivity index (χ1n) is 4.55. The average Bonchev–Trinajstić information content (AvgIpc) is 1.94. The minimum atomic E-state index is -0.254. The maximum absolute atomic E-state index is 9.47. The van der Waals surface area contributed by atoms with Gasteiger partial charge in [0, 0.05) is 6.04 Å². The minimum absolute atomic E-state index is 0.0324. The Bertz CT molecular complexity index is 125. The van der Waals surface area contributed by atoms with E-state index in [1.807, 2.05) is 0 Å². The van der Waals surface area contributed by atoms with Crippen LogP contribution in [0.15, 0.2) is 0 Å². The molecule has 1 fully saturated rings. The molecule has 2 nitrogen and oxygen atoms in total. The van der Waals surface area contributed by atoms with Crippen molar-refractivity contribution in [3.05, 3.63) is 0 Å². The Kier molecular flexibility index (Phi) is 2.90. The Morgan fingerprint density at radius 2 is 2.00 bits per heavy atom. The van der Waals surface area contributed by atoms with Crippen LogP contribution in [0.25, 0.3) is 0 Å². The molecule has 0 aromatic rings. The second kappa shape index (κ2) is 3.55. The quantitative estimate of drug-likeness (QED) is 0.599. The lowest BCUT2D eigenvalue weighted by Gasteiger charge is -2.32. The van der Waals surface area contributed by atoms with Crippen LogP contribution in [-0.4, -0.2) is 17.3 Å². The molecule has 0 saturated heterocycles. The van der Waals surface area contributed by atoms with Crippen LogP contribution in [0.5, 0.6) is 0 Å². The largest absolute Gasteiger partial charge is 0.392 e. The lowest BCUT2D eigenvalue weighted by atomic mass is 9.78. The van der Waals surface area contributed by atoms with Gasteiger partial charge in [0.1, 0.15) is 0 Å². The van der Waals surface area contributed by atoms with Gasteiger partial charge in [-0.1, -0.05) is 13.8 Å². The summed E-state index contributed by atoms with van der Waals surface area (Å²) in [6, 6.07) is 0.0324. The zero-order valence-corrected chi connectivity index (χ0v) is 7.46. The molecule has 0 unspecified atom stereocenters. The van der Waals surface area contributed by atoms with Crippen molar-refractivity contribution in [2.24, 2.45) is 17.6 Å². The summed E-state index contributed by atoms with van der Waals surface area (Å²) in [5.41, 5.74) is 5.69. The third-order valence-electron chi connectivity index (χ3n) is 2.85. The topological polar surface area (TPSA) is 46.2 Å². The number of nitrogens with two attached hydrogens (primary N) is 1. The van der Waals surface area contributed by atoms with E-state index in [1.165, 1.54) is 6.42 Å². The van der Waals surface area contributed by atoms with Crippen molar-refractivity contribution in [2.75, 3.05) is 0 Å². The number of hydrogen-bond acceptors (Lipinski definition) is 2. The Hall–Kier alpha value is -0.0800. The summed E-state index contributed by atoms with van der Waals surface area (Å²) in [6.45, 7) is 4.43. The summed E-state index contributed by atoms with van der Waals surface area (Å²) >= 11 is 0. The number of aliphatic hydroxyl groups excluding tert-OH is 1. The predicted octanol–water partition coefficient (Wildman–Crippen LogP) is 1.13. The normalized spacial score (nSPS) is 39.5. The zero-order chi connectivity index (χ0) is 8.43. The smallest absolute Gasteiger partial charge is 0.0693 e. The highest BCUT2D eigenvalue weighted by Gasteiger charge is 2.27. The van der Waals surface area contributed by atoms with Gasteiger partial charge >= 0.3 is 0 Å². The Morgan fingerprint density at radius 1 is 1.36 bits per heavy atom.